The molecule has 2 atom stereocenters. The molecule has 1 saturated heterocycles. The van der Waals surface area contributed by atoms with Crippen molar-refractivity contribution < 1.29 is 9.47 Å². The van der Waals surface area contributed by atoms with Crippen molar-refractivity contribution in [2.24, 2.45) is 0 Å². The first-order valence-corrected chi connectivity index (χ1v) is 7.51. The molecule has 0 unspecified atom stereocenters. The summed E-state index contributed by atoms with van der Waals surface area (Å²) in [6.07, 6.45) is 6.48. The molecule has 5 heteroatoms. The van der Waals surface area contributed by atoms with Crippen molar-refractivity contribution in [3.8, 4) is 5.75 Å². The van der Waals surface area contributed by atoms with Crippen LogP contribution in [0.1, 0.15) is 12.0 Å². The van der Waals surface area contributed by atoms with E-state index in [2.05, 4.69) is 27.9 Å². The molecule has 2 aromatic heterocycles. The monoisotopic (exact) mass is 299 g/mol. The van der Waals surface area contributed by atoms with E-state index in [1.165, 1.54) is 5.56 Å². The summed E-state index contributed by atoms with van der Waals surface area (Å²) in [6, 6.07) is 8.16. The van der Waals surface area contributed by atoms with E-state index < -0.39 is 0 Å². The van der Waals surface area contributed by atoms with E-state index in [4.69, 9.17) is 9.47 Å². The Bertz CT molecular complexity index is 606. The molecule has 2 aromatic rings. The molecule has 0 aliphatic carbocycles. The lowest BCUT2D eigenvalue weighted by Gasteiger charge is -2.25. The van der Waals surface area contributed by atoms with Crippen molar-refractivity contribution in [1.82, 2.24) is 9.97 Å². The van der Waals surface area contributed by atoms with E-state index in [-0.39, 0.29) is 12.1 Å². The van der Waals surface area contributed by atoms with Gasteiger partial charge in [-0.1, -0.05) is 0 Å². The topological polar surface area (TPSA) is 47.5 Å². The van der Waals surface area contributed by atoms with Gasteiger partial charge in [0.15, 0.2) is 0 Å². The van der Waals surface area contributed by atoms with Gasteiger partial charge in [-0.25, -0.2) is 4.98 Å². The number of ether oxygens (including phenoxy) is 2. The minimum Gasteiger partial charge on any atom is -0.490 e. The summed E-state index contributed by atoms with van der Waals surface area (Å²) in [7, 11) is 1.76. The van der Waals surface area contributed by atoms with Crippen LogP contribution in [0.5, 0.6) is 5.75 Å². The lowest BCUT2D eigenvalue weighted by Crippen LogP contribution is -2.35. The molecular formula is C17H21N3O2. The van der Waals surface area contributed by atoms with Gasteiger partial charge in [0.2, 0.25) is 0 Å². The Labute approximate surface area is 130 Å². The highest BCUT2D eigenvalue weighted by Crippen LogP contribution is 2.26. The molecule has 3 heterocycles. The minimum atomic E-state index is 0.213. The van der Waals surface area contributed by atoms with Gasteiger partial charge >= 0.3 is 0 Å². The van der Waals surface area contributed by atoms with Gasteiger partial charge < -0.3 is 14.4 Å². The maximum Gasteiger partial charge on any atom is 0.137 e. The largest absolute Gasteiger partial charge is 0.490 e. The zero-order valence-electron chi connectivity index (χ0n) is 13.0. The first-order chi connectivity index (χ1) is 10.8. The number of aromatic nitrogens is 2. The SMILES string of the molecule is CO[C@@H]1C[C@@H](COc2cccnc2)N(c2cc(C)ccn2)C1. The minimum absolute atomic E-state index is 0.213. The van der Waals surface area contributed by atoms with Crippen molar-refractivity contribution in [3.05, 3.63) is 48.4 Å². The fourth-order valence-corrected chi connectivity index (χ4v) is 2.79. The first kappa shape index (κ1) is 14.8. The fraction of sp³-hybridized carbons (Fsp3) is 0.412. The number of hydrogen-bond donors (Lipinski definition) is 0. The van der Waals surface area contributed by atoms with E-state index in [0.29, 0.717) is 6.61 Å². The van der Waals surface area contributed by atoms with Gasteiger partial charge in [0, 0.05) is 26.0 Å². The maximum absolute atomic E-state index is 5.88. The number of pyridine rings is 2. The van der Waals surface area contributed by atoms with E-state index in [1.54, 1.807) is 19.5 Å². The van der Waals surface area contributed by atoms with Crippen LogP contribution in [0.3, 0.4) is 0 Å². The summed E-state index contributed by atoms with van der Waals surface area (Å²) in [6.45, 7) is 3.52. The number of methoxy groups -OCH3 is 1. The van der Waals surface area contributed by atoms with Crippen LogP contribution in [0.15, 0.2) is 42.9 Å². The molecule has 3 rings (SSSR count). The molecule has 0 radical (unpaired) electrons. The van der Waals surface area contributed by atoms with Crippen molar-refractivity contribution in [2.75, 3.05) is 25.2 Å². The molecule has 1 fully saturated rings. The first-order valence-electron chi connectivity index (χ1n) is 7.51. The van der Waals surface area contributed by atoms with E-state index in [9.17, 15) is 0 Å². The Morgan fingerprint density at radius 1 is 1.32 bits per heavy atom. The predicted molar refractivity (Wildman–Crippen MR) is 85.3 cm³/mol. The van der Waals surface area contributed by atoms with Crippen LogP contribution in [0.25, 0.3) is 0 Å². The standard InChI is InChI=1S/C17H21N3O2/c1-13-5-7-19-17(8-13)20-11-16(21-2)9-14(20)12-22-15-4-3-6-18-10-15/h3-8,10,14,16H,9,11-12H2,1-2H3/t14-,16+/m0/s1. The van der Waals surface area contributed by atoms with Gasteiger partial charge in [-0.15, -0.1) is 0 Å². The third kappa shape index (κ3) is 3.36. The van der Waals surface area contributed by atoms with E-state index in [1.807, 2.05) is 24.4 Å². The second-order valence-corrected chi connectivity index (χ2v) is 5.59. The lowest BCUT2D eigenvalue weighted by atomic mass is 10.2. The van der Waals surface area contributed by atoms with E-state index >= 15 is 0 Å². The number of hydrogen-bond acceptors (Lipinski definition) is 5. The predicted octanol–water partition coefficient (Wildman–Crippen LogP) is 2.46. The van der Waals surface area contributed by atoms with Crippen molar-refractivity contribution >= 4 is 5.82 Å². The van der Waals surface area contributed by atoms with Crippen molar-refractivity contribution in [3.63, 3.8) is 0 Å². The molecule has 1 aliphatic heterocycles. The Kier molecular flexibility index (Phi) is 4.53. The molecule has 116 valence electrons. The summed E-state index contributed by atoms with van der Waals surface area (Å²) in [5.41, 5.74) is 1.21. The summed E-state index contributed by atoms with van der Waals surface area (Å²) >= 11 is 0. The molecule has 0 amide bonds. The zero-order chi connectivity index (χ0) is 15.4. The second-order valence-electron chi connectivity index (χ2n) is 5.59. The smallest absolute Gasteiger partial charge is 0.137 e. The van der Waals surface area contributed by atoms with Crippen LogP contribution in [-0.4, -0.2) is 42.4 Å². The fourth-order valence-electron chi connectivity index (χ4n) is 2.79. The van der Waals surface area contributed by atoms with Crippen LogP contribution in [0.2, 0.25) is 0 Å². The van der Waals surface area contributed by atoms with Crippen LogP contribution in [0, 0.1) is 6.92 Å². The van der Waals surface area contributed by atoms with Gasteiger partial charge in [-0.05, 0) is 43.2 Å². The Hall–Kier alpha value is -2.14. The third-order valence-electron chi connectivity index (χ3n) is 3.98. The molecule has 1 aliphatic rings. The van der Waals surface area contributed by atoms with Crippen LogP contribution < -0.4 is 9.64 Å². The van der Waals surface area contributed by atoms with Crippen molar-refractivity contribution in [2.45, 2.75) is 25.5 Å². The summed E-state index contributed by atoms with van der Waals surface area (Å²) in [4.78, 5) is 10.8. The molecule has 5 nitrogen and oxygen atoms in total. The normalized spacial score (nSPS) is 21.1. The van der Waals surface area contributed by atoms with Crippen molar-refractivity contribution in [1.29, 1.82) is 0 Å². The van der Waals surface area contributed by atoms with Gasteiger partial charge in [0.05, 0.1) is 18.3 Å². The molecular weight excluding hydrogens is 278 g/mol. The van der Waals surface area contributed by atoms with Crippen LogP contribution >= 0.6 is 0 Å². The average molecular weight is 299 g/mol. The highest BCUT2D eigenvalue weighted by atomic mass is 16.5. The Balaban J connectivity index is 1.72. The molecule has 0 bridgehead atoms. The zero-order valence-corrected chi connectivity index (χ0v) is 13.0. The number of anilines is 1. The highest BCUT2D eigenvalue weighted by molar-refractivity contribution is 5.43. The molecule has 0 N–H and O–H groups in total. The molecule has 0 saturated carbocycles. The van der Waals surface area contributed by atoms with Gasteiger partial charge in [0.25, 0.3) is 0 Å². The summed E-state index contributed by atoms with van der Waals surface area (Å²) in [5, 5.41) is 0. The highest BCUT2D eigenvalue weighted by Gasteiger charge is 2.33. The number of nitrogens with zero attached hydrogens (tertiary/aromatic N) is 3. The van der Waals surface area contributed by atoms with Crippen LogP contribution in [-0.2, 0) is 4.74 Å². The van der Waals surface area contributed by atoms with Gasteiger partial charge in [-0.2, -0.15) is 0 Å². The third-order valence-corrected chi connectivity index (χ3v) is 3.98. The van der Waals surface area contributed by atoms with Crippen LogP contribution in [0.4, 0.5) is 5.82 Å². The Morgan fingerprint density at radius 3 is 2.95 bits per heavy atom. The van der Waals surface area contributed by atoms with Gasteiger partial charge in [0.1, 0.15) is 18.2 Å². The molecule has 0 spiro atoms. The average Bonchev–Trinajstić information content (AvgIpc) is 2.97. The molecule has 22 heavy (non-hydrogen) atoms. The second kappa shape index (κ2) is 6.75. The van der Waals surface area contributed by atoms with E-state index in [0.717, 1.165) is 24.5 Å². The quantitative estimate of drug-likeness (QED) is 0.849. The number of aryl methyl sites for hydroxylation is 1. The Morgan fingerprint density at radius 2 is 2.23 bits per heavy atom. The summed E-state index contributed by atoms with van der Waals surface area (Å²) in [5.74, 6) is 1.78. The number of rotatable bonds is 5. The maximum atomic E-state index is 5.88. The molecule has 0 aromatic carbocycles. The lowest BCUT2D eigenvalue weighted by molar-refractivity contribution is 0.115. The van der Waals surface area contributed by atoms with Gasteiger partial charge in [-0.3, -0.25) is 4.98 Å². The summed E-state index contributed by atoms with van der Waals surface area (Å²) < 4.78 is 11.4.